The third-order valence-corrected chi connectivity index (χ3v) is 3.54. The fraction of sp³-hybridized carbons (Fsp3) is 0.533. The number of carbonyl (C=O) groups is 1. The van der Waals surface area contributed by atoms with E-state index in [2.05, 4.69) is 36.2 Å². The second-order valence-electron chi connectivity index (χ2n) is 5.61. The lowest BCUT2D eigenvalue weighted by Crippen LogP contribution is -2.33. The first-order valence-corrected chi connectivity index (χ1v) is 6.92. The van der Waals surface area contributed by atoms with Crippen molar-refractivity contribution in [1.82, 2.24) is 4.90 Å². The van der Waals surface area contributed by atoms with Crippen molar-refractivity contribution in [3.63, 3.8) is 0 Å². The summed E-state index contributed by atoms with van der Waals surface area (Å²) in [5.41, 5.74) is 7.97. The number of halogens is 1. The maximum Gasteiger partial charge on any atom is 0.238 e. The van der Waals surface area contributed by atoms with Gasteiger partial charge < -0.3 is 11.1 Å². The summed E-state index contributed by atoms with van der Waals surface area (Å²) in [6.45, 7) is 6.48. The van der Waals surface area contributed by atoms with E-state index < -0.39 is 0 Å². The number of benzene rings is 1. The van der Waals surface area contributed by atoms with Gasteiger partial charge in [-0.3, -0.25) is 9.69 Å². The van der Waals surface area contributed by atoms with Crippen molar-refractivity contribution in [1.29, 1.82) is 0 Å². The predicted molar refractivity (Wildman–Crippen MR) is 85.4 cm³/mol. The first-order valence-electron chi connectivity index (χ1n) is 6.92. The molecule has 0 spiro atoms. The van der Waals surface area contributed by atoms with Crippen molar-refractivity contribution in [2.24, 2.45) is 5.73 Å². The van der Waals surface area contributed by atoms with E-state index in [1.165, 1.54) is 5.56 Å². The van der Waals surface area contributed by atoms with Gasteiger partial charge in [0.2, 0.25) is 5.91 Å². The summed E-state index contributed by atoms with van der Waals surface area (Å²) in [6.07, 6.45) is 0.983. The van der Waals surface area contributed by atoms with Crippen LogP contribution >= 0.6 is 12.4 Å². The average molecular weight is 298 g/mol. The van der Waals surface area contributed by atoms with Crippen LogP contribution in [0.25, 0.3) is 0 Å². The lowest BCUT2D eigenvalue weighted by molar-refractivity contribution is -0.117. The van der Waals surface area contributed by atoms with Crippen LogP contribution in [0.3, 0.4) is 0 Å². The highest BCUT2D eigenvalue weighted by atomic mass is 35.5. The van der Waals surface area contributed by atoms with Crippen molar-refractivity contribution in [3.8, 4) is 0 Å². The molecule has 0 bridgehead atoms. The van der Waals surface area contributed by atoms with Crippen molar-refractivity contribution in [3.05, 3.63) is 29.8 Å². The molecule has 1 heterocycles. The topological polar surface area (TPSA) is 58.4 Å². The molecule has 3 N–H and O–H groups in total. The predicted octanol–water partition coefficient (Wildman–Crippen LogP) is 2.20. The minimum Gasteiger partial charge on any atom is -0.326 e. The number of carbonyl (C=O) groups excluding carboxylic acids is 1. The van der Waals surface area contributed by atoms with E-state index in [-0.39, 0.29) is 24.4 Å². The summed E-state index contributed by atoms with van der Waals surface area (Å²) in [4.78, 5) is 14.0. The minimum atomic E-state index is 0. The number of amides is 1. The van der Waals surface area contributed by atoms with Gasteiger partial charge >= 0.3 is 0 Å². The average Bonchev–Trinajstić information content (AvgIpc) is 2.75. The number of nitrogens with two attached hydrogens (primary N) is 1. The Morgan fingerprint density at radius 3 is 2.55 bits per heavy atom. The number of anilines is 1. The standard InChI is InChI=1S/C15H23N3O.ClH/c1-11(2)12-3-5-14(6-4-12)17-15(19)10-18-8-7-13(16)9-18;/h3-6,11,13H,7-10,16H2,1-2H3,(H,17,19);1H. The van der Waals surface area contributed by atoms with Gasteiger partial charge in [0.15, 0.2) is 0 Å². The fourth-order valence-electron chi connectivity index (χ4n) is 2.36. The van der Waals surface area contributed by atoms with Crippen molar-refractivity contribution >= 4 is 24.0 Å². The Balaban J connectivity index is 0.00000200. The molecule has 4 nitrogen and oxygen atoms in total. The van der Waals surface area contributed by atoms with Crippen LogP contribution < -0.4 is 11.1 Å². The van der Waals surface area contributed by atoms with Crippen LogP contribution in [-0.4, -0.2) is 36.5 Å². The Morgan fingerprint density at radius 2 is 2.05 bits per heavy atom. The number of rotatable bonds is 4. The zero-order valence-electron chi connectivity index (χ0n) is 12.1. The maximum atomic E-state index is 11.9. The lowest BCUT2D eigenvalue weighted by atomic mass is 10.0. The Bertz CT molecular complexity index is 433. The van der Waals surface area contributed by atoms with Crippen LogP contribution in [0.2, 0.25) is 0 Å². The number of hydrogen-bond acceptors (Lipinski definition) is 3. The zero-order valence-corrected chi connectivity index (χ0v) is 13.0. The SMILES string of the molecule is CC(C)c1ccc(NC(=O)CN2CCC(N)C2)cc1.Cl. The molecule has 1 amide bonds. The number of nitrogens with one attached hydrogen (secondary N) is 1. The molecule has 1 atom stereocenters. The summed E-state index contributed by atoms with van der Waals surface area (Å²) < 4.78 is 0. The fourth-order valence-corrected chi connectivity index (χ4v) is 2.36. The molecule has 0 radical (unpaired) electrons. The monoisotopic (exact) mass is 297 g/mol. The van der Waals surface area contributed by atoms with Crippen LogP contribution in [0.15, 0.2) is 24.3 Å². The first kappa shape index (κ1) is 17.0. The van der Waals surface area contributed by atoms with Gasteiger partial charge in [-0.1, -0.05) is 26.0 Å². The van der Waals surface area contributed by atoms with Crippen LogP contribution in [0, 0.1) is 0 Å². The third-order valence-electron chi connectivity index (χ3n) is 3.54. The molecule has 1 aromatic carbocycles. The van der Waals surface area contributed by atoms with Gasteiger partial charge in [0.25, 0.3) is 0 Å². The molecule has 0 aliphatic carbocycles. The van der Waals surface area contributed by atoms with E-state index in [4.69, 9.17) is 5.73 Å². The van der Waals surface area contributed by atoms with Gasteiger partial charge in [0.1, 0.15) is 0 Å². The van der Waals surface area contributed by atoms with Gasteiger partial charge in [-0.25, -0.2) is 0 Å². The van der Waals surface area contributed by atoms with E-state index in [1.807, 2.05) is 12.1 Å². The summed E-state index contributed by atoms with van der Waals surface area (Å²) in [6, 6.07) is 8.27. The largest absolute Gasteiger partial charge is 0.326 e. The molecule has 0 saturated carbocycles. The molecule has 1 fully saturated rings. The number of likely N-dealkylation sites (tertiary alicyclic amines) is 1. The molecule has 1 aliphatic heterocycles. The molecule has 5 heteroatoms. The maximum absolute atomic E-state index is 11.9. The van der Waals surface area contributed by atoms with Gasteiger partial charge in [-0.15, -0.1) is 12.4 Å². The zero-order chi connectivity index (χ0) is 13.8. The van der Waals surface area contributed by atoms with Crippen LogP contribution in [0.4, 0.5) is 5.69 Å². The van der Waals surface area contributed by atoms with Crippen molar-refractivity contribution < 1.29 is 4.79 Å². The minimum absolute atomic E-state index is 0. The molecule has 1 aliphatic rings. The summed E-state index contributed by atoms with van der Waals surface area (Å²) in [5.74, 6) is 0.544. The Kier molecular flexibility index (Phi) is 6.46. The van der Waals surface area contributed by atoms with Crippen LogP contribution in [-0.2, 0) is 4.79 Å². The molecule has 1 unspecified atom stereocenters. The number of hydrogen-bond donors (Lipinski definition) is 2. The van der Waals surface area contributed by atoms with Crippen molar-refractivity contribution in [2.45, 2.75) is 32.2 Å². The van der Waals surface area contributed by atoms with E-state index in [9.17, 15) is 4.79 Å². The summed E-state index contributed by atoms with van der Waals surface area (Å²) >= 11 is 0. The molecular weight excluding hydrogens is 274 g/mol. The van der Waals surface area contributed by atoms with Gasteiger partial charge in [0, 0.05) is 24.8 Å². The molecule has 2 rings (SSSR count). The smallest absolute Gasteiger partial charge is 0.238 e. The summed E-state index contributed by atoms with van der Waals surface area (Å²) in [7, 11) is 0. The third kappa shape index (κ3) is 4.78. The van der Waals surface area contributed by atoms with Crippen LogP contribution in [0.5, 0.6) is 0 Å². The highest BCUT2D eigenvalue weighted by Crippen LogP contribution is 2.17. The molecule has 112 valence electrons. The molecule has 1 aromatic rings. The van der Waals surface area contributed by atoms with Crippen LogP contribution in [0.1, 0.15) is 31.7 Å². The quantitative estimate of drug-likeness (QED) is 0.896. The van der Waals surface area contributed by atoms with Gasteiger partial charge in [-0.05, 0) is 30.0 Å². The molecule has 0 aromatic heterocycles. The lowest BCUT2D eigenvalue weighted by Gasteiger charge is -2.15. The van der Waals surface area contributed by atoms with E-state index in [1.54, 1.807) is 0 Å². The van der Waals surface area contributed by atoms with Crippen molar-refractivity contribution in [2.75, 3.05) is 25.0 Å². The highest BCUT2D eigenvalue weighted by molar-refractivity contribution is 5.92. The Hall–Kier alpha value is -1.10. The second-order valence-corrected chi connectivity index (χ2v) is 5.61. The Morgan fingerprint density at radius 1 is 1.40 bits per heavy atom. The van der Waals surface area contributed by atoms with Gasteiger partial charge in [0.05, 0.1) is 6.54 Å². The Labute approximate surface area is 127 Å². The second kappa shape index (κ2) is 7.62. The summed E-state index contributed by atoms with van der Waals surface area (Å²) in [5, 5.41) is 2.93. The number of nitrogens with zero attached hydrogens (tertiary/aromatic N) is 1. The highest BCUT2D eigenvalue weighted by Gasteiger charge is 2.20. The molecule has 1 saturated heterocycles. The van der Waals surface area contributed by atoms with E-state index in [0.29, 0.717) is 12.5 Å². The normalized spacial score (nSPS) is 18.9. The van der Waals surface area contributed by atoms with E-state index in [0.717, 1.165) is 25.2 Å². The first-order chi connectivity index (χ1) is 9.04. The van der Waals surface area contributed by atoms with Gasteiger partial charge in [-0.2, -0.15) is 0 Å². The molecular formula is C15H24ClN3O. The molecule has 20 heavy (non-hydrogen) atoms. The van der Waals surface area contributed by atoms with E-state index >= 15 is 0 Å².